The molecule has 1 aliphatic rings. The van der Waals surface area contributed by atoms with E-state index in [1.54, 1.807) is 12.3 Å². The summed E-state index contributed by atoms with van der Waals surface area (Å²) < 4.78 is 2.18. The van der Waals surface area contributed by atoms with Crippen LogP contribution < -0.4 is 0 Å². The fraction of sp³-hybridized carbons (Fsp3) is 0.333. The summed E-state index contributed by atoms with van der Waals surface area (Å²) in [7, 11) is 0. The molecule has 3 heterocycles. The Bertz CT molecular complexity index is 567. The third-order valence-electron chi connectivity index (χ3n) is 3.11. The molecular weight excluding hydrogens is 271 g/mol. The van der Waals surface area contributed by atoms with E-state index in [2.05, 4.69) is 19.4 Å². The highest BCUT2D eigenvalue weighted by molar-refractivity contribution is 6.34. The van der Waals surface area contributed by atoms with E-state index in [4.69, 9.17) is 23.2 Å². The number of fused-ring (bicyclic) bond motifs is 1. The summed E-state index contributed by atoms with van der Waals surface area (Å²) in [4.78, 5) is 10.7. The Morgan fingerprint density at radius 2 is 2.11 bits per heavy atom. The van der Waals surface area contributed by atoms with Gasteiger partial charge in [-0.2, -0.15) is 0 Å². The van der Waals surface area contributed by atoms with Crippen LogP contribution in [0.4, 0.5) is 0 Å². The first-order valence-electron chi connectivity index (χ1n) is 5.74. The number of nitrogens with zero attached hydrogens (tertiary/aromatic N) is 4. The van der Waals surface area contributed by atoms with E-state index < -0.39 is 0 Å². The predicted octanol–water partition coefficient (Wildman–Crippen LogP) is 2.60. The lowest BCUT2D eigenvalue weighted by molar-refractivity contribution is 0.208. The van der Waals surface area contributed by atoms with E-state index >= 15 is 0 Å². The Morgan fingerprint density at radius 3 is 2.94 bits per heavy atom. The van der Waals surface area contributed by atoms with E-state index in [9.17, 15) is 0 Å². The summed E-state index contributed by atoms with van der Waals surface area (Å²) in [5, 5.41) is 1.10. The van der Waals surface area contributed by atoms with Gasteiger partial charge >= 0.3 is 0 Å². The zero-order valence-corrected chi connectivity index (χ0v) is 11.2. The molecule has 0 unspecified atom stereocenters. The molecule has 94 valence electrons. The second-order valence-corrected chi connectivity index (χ2v) is 5.14. The molecule has 0 aliphatic carbocycles. The average molecular weight is 283 g/mol. The van der Waals surface area contributed by atoms with Crippen molar-refractivity contribution in [3.05, 3.63) is 46.2 Å². The molecule has 18 heavy (non-hydrogen) atoms. The minimum absolute atomic E-state index is 0.429. The second-order valence-electron chi connectivity index (χ2n) is 4.35. The van der Waals surface area contributed by atoms with E-state index in [1.165, 1.54) is 0 Å². The van der Waals surface area contributed by atoms with Gasteiger partial charge in [-0.1, -0.05) is 23.2 Å². The summed E-state index contributed by atoms with van der Waals surface area (Å²) in [5.74, 6) is 1.10. The summed E-state index contributed by atoms with van der Waals surface area (Å²) >= 11 is 11.9. The molecule has 0 aromatic carbocycles. The summed E-state index contributed by atoms with van der Waals surface area (Å²) in [6.07, 6.45) is 5.60. The van der Waals surface area contributed by atoms with Gasteiger partial charge in [0.1, 0.15) is 11.0 Å². The van der Waals surface area contributed by atoms with Crippen molar-refractivity contribution in [3.63, 3.8) is 0 Å². The van der Waals surface area contributed by atoms with Gasteiger partial charge < -0.3 is 4.57 Å². The molecular formula is C12H12Cl2N4. The summed E-state index contributed by atoms with van der Waals surface area (Å²) in [6.45, 7) is 3.57. The number of imidazole rings is 1. The van der Waals surface area contributed by atoms with Crippen LogP contribution in [0.5, 0.6) is 0 Å². The Balaban J connectivity index is 1.74. The van der Waals surface area contributed by atoms with Gasteiger partial charge in [-0.15, -0.1) is 0 Å². The van der Waals surface area contributed by atoms with Crippen molar-refractivity contribution in [1.29, 1.82) is 0 Å². The molecule has 0 fully saturated rings. The molecule has 0 saturated heterocycles. The van der Waals surface area contributed by atoms with Crippen LogP contribution in [0.2, 0.25) is 10.2 Å². The molecule has 1 aliphatic heterocycles. The largest absolute Gasteiger partial charge is 0.333 e. The minimum Gasteiger partial charge on any atom is -0.333 e. The normalized spacial score (nSPS) is 15.7. The van der Waals surface area contributed by atoms with Gasteiger partial charge in [0, 0.05) is 48.8 Å². The average Bonchev–Trinajstić information content (AvgIpc) is 2.80. The smallest absolute Gasteiger partial charge is 0.130 e. The van der Waals surface area contributed by atoms with E-state index in [1.807, 2.05) is 12.4 Å². The van der Waals surface area contributed by atoms with E-state index in [0.29, 0.717) is 10.2 Å². The summed E-state index contributed by atoms with van der Waals surface area (Å²) in [6, 6.07) is 1.68. The quantitative estimate of drug-likeness (QED) is 0.794. The molecule has 0 saturated carbocycles. The van der Waals surface area contributed by atoms with Crippen molar-refractivity contribution in [2.24, 2.45) is 0 Å². The molecule has 0 atom stereocenters. The van der Waals surface area contributed by atoms with Crippen LogP contribution in [0, 0.1) is 0 Å². The third-order valence-corrected chi connectivity index (χ3v) is 3.67. The van der Waals surface area contributed by atoms with Gasteiger partial charge in [-0.3, -0.25) is 4.90 Å². The zero-order valence-electron chi connectivity index (χ0n) is 9.68. The molecule has 2 aromatic rings. The monoisotopic (exact) mass is 282 g/mol. The van der Waals surface area contributed by atoms with Crippen LogP contribution in [-0.4, -0.2) is 26.0 Å². The first kappa shape index (κ1) is 12.0. The van der Waals surface area contributed by atoms with Crippen LogP contribution in [0.1, 0.15) is 11.4 Å². The molecule has 0 radical (unpaired) electrons. The number of aromatic nitrogens is 3. The van der Waals surface area contributed by atoms with Gasteiger partial charge in [0.25, 0.3) is 0 Å². The van der Waals surface area contributed by atoms with Gasteiger partial charge in [0.15, 0.2) is 0 Å². The van der Waals surface area contributed by atoms with Gasteiger partial charge in [0.05, 0.1) is 6.54 Å². The molecule has 3 rings (SSSR count). The van der Waals surface area contributed by atoms with Crippen molar-refractivity contribution in [1.82, 2.24) is 19.4 Å². The maximum atomic E-state index is 6.16. The first-order valence-corrected chi connectivity index (χ1v) is 6.50. The number of hydrogen-bond donors (Lipinski definition) is 0. The van der Waals surface area contributed by atoms with Crippen molar-refractivity contribution < 1.29 is 0 Å². The fourth-order valence-corrected chi connectivity index (χ4v) is 2.58. The Kier molecular flexibility index (Phi) is 3.24. The molecule has 0 N–H and O–H groups in total. The summed E-state index contributed by atoms with van der Waals surface area (Å²) in [5.41, 5.74) is 1.00. The highest BCUT2D eigenvalue weighted by Crippen LogP contribution is 2.21. The van der Waals surface area contributed by atoms with Crippen LogP contribution >= 0.6 is 23.2 Å². The second kappa shape index (κ2) is 4.88. The molecule has 6 heteroatoms. The predicted molar refractivity (Wildman–Crippen MR) is 70.6 cm³/mol. The van der Waals surface area contributed by atoms with E-state index in [0.717, 1.165) is 37.6 Å². The Morgan fingerprint density at radius 1 is 1.22 bits per heavy atom. The van der Waals surface area contributed by atoms with Crippen molar-refractivity contribution in [3.8, 4) is 0 Å². The van der Waals surface area contributed by atoms with Crippen molar-refractivity contribution >= 4 is 23.2 Å². The van der Waals surface area contributed by atoms with Gasteiger partial charge in [-0.25, -0.2) is 9.97 Å². The van der Waals surface area contributed by atoms with E-state index in [-0.39, 0.29) is 0 Å². The SMILES string of the molecule is Clc1cc(Cl)c(CN2CCn3ccnc3C2)cn1. The minimum atomic E-state index is 0.429. The van der Waals surface area contributed by atoms with Gasteiger partial charge in [-0.05, 0) is 6.07 Å². The number of pyridine rings is 1. The number of rotatable bonds is 2. The Labute approximate surface area is 115 Å². The van der Waals surface area contributed by atoms with Crippen molar-refractivity contribution in [2.75, 3.05) is 6.54 Å². The van der Waals surface area contributed by atoms with Gasteiger partial charge in [0.2, 0.25) is 0 Å². The Hall–Kier alpha value is -1.10. The number of hydrogen-bond acceptors (Lipinski definition) is 3. The molecule has 4 nitrogen and oxygen atoms in total. The molecule has 0 amide bonds. The van der Waals surface area contributed by atoms with Crippen LogP contribution in [0.15, 0.2) is 24.7 Å². The maximum absolute atomic E-state index is 6.16. The molecule has 0 spiro atoms. The highest BCUT2D eigenvalue weighted by atomic mass is 35.5. The van der Waals surface area contributed by atoms with Crippen LogP contribution in [-0.2, 0) is 19.6 Å². The van der Waals surface area contributed by atoms with Crippen molar-refractivity contribution in [2.45, 2.75) is 19.6 Å². The standard InChI is InChI=1S/C12H12Cl2N4/c13-10-5-11(14)16-6-9(10)7-17-3-4-18-2-1-15-12(18)8-17/h1-2,5-6H,3-4,7-8H2. The molecule has 0 bridgehead atoms. The molecule has 2 aromatic heterocycles. The van der Waals surface area contributed by atoms with Crippen LogP contribution in [0.25, 0.3) is 0 Å². The third kappa shape index (κ3) is 2.36. The maximum Gasteiger partial charge on any atom is 0.130 e. The highest BCUT2D eigenvalue weighted by Gasteiger charge is 2.17. The lowest BCUT2D eigenvalue weighted by atomic mass is 10.2. The topological polar surface area (TPSA) is 34.0 Å². The van der Waals surface area contributed by atoms with Crippen LogP contribution in [0.3, 0.4) is 0 Å². The first-order chi connectivity index (χ1) is 8.72. The lowest BCUT2D eigenvalue weighted by Gasteiger charge is -2.27. The zero-order chi connectivity index (χ0) is 12.5. The number of halogens is 2. The fourth-order valence-electron chi connectivity index (χ4n) is 2.15. The lowest BCUT2D eigenvalue weighted by Crippen LogP contribution is -2.33.